The highest BCUT2D eigenvalue weighted by atomic mass is 19.4. The van der Waals surface area contributed by atoms with Gasteiger partial charge in [0.2, 0.25) is 5.91 Å². The fourth-order valence-corrected chi connectivity index (χ4v) is 5.67. The minimum Gasteiger partial charge on any atom is -0.496 e. The number of amides is 1. The van der Waals surface area contributed by atoms with Gasteiger partial charge in [0.1, 0.15) is 11.6 Å². The zero-order valence-corrected chi connectivity index (χ0v) is 22.1. The number of anilines is 1. The lowest BCUT2D eigenvalue weighted by atomic mass is 9.74. The van der Waals surface area contributed by atoms with E-state index >= 15 is 0 Å². The van der Waals surface area contributed by atoms with Crippen LogP contribution in [0.1, 0.15) is 49.8 Å². The summed E-state index contributed by atoms with van der Waals surface area (Å²) in [6.45, 7) is 8.86. The van der Waals surface area contributed by atoms with E-state index in [1.54, 1.807) is 7.11 Å². The summed E-state index contributed by atoms with van der Waals surface area (Å²) in [5.74, 6) is 1.53. The van der Waals surface area contributed by atoms with Crippen molar-refractivity contribution in [2.24, 2.45) is 11.3 Å². The lowest BCUT2D eigenvalue weighted by Gasteiger charge is -2.42. The topological polar surface area (TPSA) is 57.7 Å². The molecule has 9 heteroatoms. The molecular formula is C28H37F3N4O2. The third-order valence-electron chi connectivity index (χ3n) is 8.11. The van der Waals surface area contributed by atoms with Gasteiger partial charge in [-0.3, -0.25) is 4.79 Å². The van der Waals surface area contributed by atoms with E-state index in [-0.39, 0.29) is 17.9 Å². The van der Waals surface area contributed by atoms with Crippen molar-refractivity contribution in [1.82, 2.24) is 15.2 Å². The van der Waals surface area contributed by atoms with Crippen molar-refractivity contribution in [1.29, 1.82) is 0 Å². The number of piperazine rings is 1. The number of benzene rings is 1. The van der Waals surface area contributed by atoms with Crippen molar-refractivity contribution in [3.8, 4) is 5.75 Å². The van der Waals surface area contributed by atoms with Gasteiger partial charge in [-0.1, -0.05) is 26.0 Å². The molecule has 2 fully saturated rings. The first kappa shape index (κ1) is 27.2. The summed E-state index contributed by atoms with van der Waals surface area (Å²) in [6, 6.07) is 8.52. The van der Waals surface area contributed by atoms with Crippen LogP contribution in [0.15, 0.2) is 36.5 Å². The SMILES string of the molecule is COc1cc(CN[C@@H]2CC[C@@](C(=O)N3CCN(c4cc(C(F)(F)F)ccn4)CC3)(C(C)C)C2)ccc1C. The molecule has 1 saturated carbocycles. The zero-order valence-electron chi connectivity index (χ0n) is 22.1. The Morgan fingerprint density at radius 2 is 1.92 bits per heavy atom. The number of aromatic nitrogens is 1. The van der Waals surface area contributed by atoms with Crippen molar-refractivity contribution in [2.75, 3.05) is 38.2 Å². The minimum atomic E-state index is -4.41. The number of halogens is 3. The Bertz CT molecular complexity index is 1100. The van der Waals surface area contributed by atoms with Crippen LogP contribution in [0.5, 0.6) is 5.75 Å². The van der Waals surface area contributed by atoms with Gasteiger partial charge in [-0.05, 0) is 61.4 Å². The Morgan fingerprint density at radius 3 is 2.57 bits per heavy atom. The Balaban J connectivity index is 1.37. The second kappa shape index (κ2) is 10.9. The molecule has 202 valence electrons. The first-order chi connectivity index (χ1) is 17.5. The number of methoxy groups -OCH3 is 1. The number of ether oxygens (including phenoxy) is 1. The van der Waals surface area contributed by atoms with Crippen LogP contribution in [0, 0.1) is 18.3 Å². The van der Waals surface area contributed by atoms with Crippen molar-refractivity contribution in [3.05, 3.63) is 53.2 Å². The Hall–Kier alpha value is -2.81. The highest BCUT2D eigenvalue weighted by Crippen LogP contribution is 2.46. The average molecular weight is 519 g/mol. The number of carbonyl (C=O) groups is 1. The van der Waals surface area contributed by atoms with Gasteiger partial charge < -0.3 is 19.9 Å². The number of nitrogens with zero attached hydrogens (tertiary/aromatic N) is 3. The summed E-state index contributed by atoms with van der Waals surface area (Å²) in [6.07, 6.45) is -0.670. The van der Waals surface area contributed by atoms with Crippen LogP contribution in [0.25, 0.3) is 0 Å². The van der Waals surface area contributed by atoms with E-state index in [9.17, 15) is 18.0 Å². The zero-order chi connectivity index (χ0) is 26.8. The van der Waals surface area contributed by atoms with Crippen LogP contribution in [-0.4, -0.2) is 55.1 Å². The van der Waals surface area contributed by atoms with Crippen LogP contribution >= 0.6 is 0 Å². The lowest BCUT2D eigenvalue weighted by Crippen LogP contribution is -2.54. The van der Waals surface area contributed by atoms with Gasteiger partial charge in [0.15, 0.2) is 0 Å². The monoisotopic (exact) mass is 518 g/mol. The van der Waals surface area contributed by atoms with Crippen molar-refractivity contribution in [2.45, 2.75) is 58.8 Å². The molecule has 2 heterocycles. The number of carbonyl (C=O) groups excluding carboxylic acids is 1. The van der Waals surface area contributed by atoms with E-state index in [0.29, 0.717) is 38.5 Å². The van der Waals surface area contributed by atoms with Gasteiger partial charge in [-0.2, -0.15) is 13.2 Å². The molecule has 1 aromatic heterocycles. The van der Waals surface area contributed by atoms with Gasteiger partial charge in [0.05, 0.1) is 18.1 Å². The molecule has 0 unspecified atom stereocenters. The third-order valence-corrected chi connectivity index (χ3v) is 8.11. The predicted octanol–water partition coefficient (Wildman–Crippen LogP) is 5.05. The lowest BCUT2D eigenvalue weighted by molar-refractivity contribution is -0.145. The molecule has 6 nitrogen and oxygen atoms in total. The molecule has 0 spiro atoms. The summed E-state index contributed by atoms with van der Waals surface area (Å²) in [7, 11) is 1.68. The Kier molecular flexibility index (Phi) is 8.02. The number of rotatable bonds is 7. The van der Waals surface area contributed by atoms with Gasteiger partial charge in [0.25, 0.3) is 0 Å². The molecule has 2 aliphatic rings. The molecule has 0 bridgehead atoms. The average Bonchev–Trinajstić information content (AvgIpc) is 3.33. The van der Waals surface area contributed by atoms with Crippen LogP contribution in [0.3, 0.4) is 0 Å². The maximum atomic E-state index is 13.8. The number of hydrogen-bond donors (Lipinski definition) is 1. The fourth-order valence-electron chi connectivity index (χ4n) is 5.67. The van der Waals surface area contributed by atoms with Crippen LogP contribution in [-0.2, 0) is 17.5 Å². The second-order valence-corrected chi connectivity index (χ2v) is 10.6. The molecule has 0 radical (unpaired) electrons. The minimum absolute atomic E-state index is 0.167. The van der Waals surface area contributed by atoms with E-state index in [1.807, 2.05) is 16.7 Å². The number of alkyl halides is 3. The molecule has 1 amide bonds. The molecule has 4 rings (SSSR count). The Labute approximate surface area is 217 Å². The normalized spacial score (nSPS) is 22.5. The number of nitrogens with one attached hydrogen (secondary N) is 1. The molecule has 1 aliphatic heterocycles. The van der Waals surface area contributed by atoms with E-state index in [1.165, 1.54) is 6.20 Å². The standard InChI is InChI=1S/C28H37F3N4O2/c1-19(2)27(9-7-23(17-27)33-18-21-6-5-20(3)24(15-21)37-4)26(36)35-13-11-34(12-14-35)25-16-22(8-10-32-25)28(29,30)31/h5-6,8,10,15-16,19,23,33H,7,9,11-14,17-18H2,1-4H3/t23-,27+/m1/s1. The van der Waals surface area contributed by atoms with Crippen molar-refractivity contribution in [3.63, 3.8) is 0 Å². The highest BCUT2D eigenvalue weighted by molar-refractivity contribution is 5.84. The van der Waals surface area contributed by atoms with Crippen LogP contribution in [0.2, 0.25) is 0 Å². The van der Waals surface area contributed by atoms with Crippen LogP contribution in [0.4, 0.5) is 19.0 Å². The van der Waals surface area contributed by atoms with E-state index in [2.05, 4.69) is 42.3 Å². The smallest absolute Gasteiger partial charge is 0.416 e. The summed E-state index contributed by atoms with van der Waals surface area (Å²) < 4.78 is 44.8. The Morgan fingerprint density at radius 1 is 1.19 bits per heavy atom. The molecule has 2 atom stereocenters. The summed E-state index contributed by atoms with van der Waals surface area (Å²) in [4.78, 5) is 21.7. The maximum absolute atomic E-state index is 13.8. The molecule has 37 heavy (non-hydrogen) atoms. The fraction of sp³-hybridized carbons (Fsp3) is 0.571. The van der Waals surface area contributed by atoms with Gasteiger partial charge in [-0.15, -0.1) is 0 Å². The van der Waals surface area contributed by atoms with E-state index in [4.69, 9.17) is 4.74 Å². The molecule has 1 aromatic carbocycles. The molecular weight excluding hydrogens is 481 g/mol. The summed E-state index contributed by atoms with van der Waals surface area (Å²) in [5, 5.41) is 3.65. The van der Waals surface area contributed by atoms with Gasteiger partial charge in [0, 0.05) is 45.0 Å². The van der Waals surface area contributed by atoms with Crippen molar-refractivity contribution >= 4 is 11.7 Å². The predicted molar refractivity (Wildman–Crippen MR) is 138 cm³/mol. The van der Waals surface area contributed by atoms with E-state index < -0.39 is 17.2 Å². The quantitative estimate of drug-likeness (QED) is 0.556. The molecule has 1 saturated heterocycles. The first-order valence-electron chi connectivity index (χ1n) is 13.0. The van der Waals surface area contributed by atoms with Crippen LogP contribution < -0.4 is 15.0 Å². The summed E-state index contributed by atoms with van der Waals surface area (Å²) in [5.41, 5.74) is 1.11. The maximum Gasteiger partial charge on any atom is 0.416 e. The highest BCUT2D eigenvalue weighted by Gasteiger charge is 2.49. The van der Waals surface area contributed by atoms with E-state index in [0.717, 1.165) is 48.3 Å². The number of aryl methyl sites for hydroxylation is 1. The molecule has 1 N–H and O–H groups in total. The van der Waals surface area contributed by atoms with Gasteiger partial charge >= 0.3 is 6.18 Å². The molecule has 2 aromatic rings. The third kappa shape index (κ3) is 5.87. The number of pyridine rings is 1. The largest absolute Gasteiger partial charge is 0.496 e. The second-order valence-electron chi connectivity index (χ2n) is 10.6. The molecule has 1 aliphatic carbocycles. The summed E-state index contributed by atoms with van der Waals surface area (Å²) >= 11 is 0. The van der Waals surface area contributed by atoms with Gasteiger partial charge in [-0.25, -0.2) is 4.98 Å². The number of hydrogen-bond acceptors (Lipinski definition) is 5. The van der Waals surface area contributed by atoms with Crippen molar-refractivity contribution < 1.29 is 22.7 Å². The first-order valence-corrected chi connectivity index (χ1v) is 13.0.